The van der Waals surface area contributed by atoms with Crippen LogP contribution >= 0.6 is 0 Å². The second-order valence-corrected chi connectivity index (χ2v) is 6.29. The van der Waals surface area contributed by atoms with E-state index >= 15 is 0 Å². The lowest BCUT2D eigenvalue weighted by Crippen LogP contribution is -1.97. The van der Waals surface area contributed by atoms with E-state index in [1.165, 1.54) is 25.7 Å². The van der Waals surface area contributed by atoms with Crippen molar-refractivity contribution in [3.8, 4) is 0 Å². The zero-order chi connectivity index (χ0) is 13.1. The summed E-state index contributed by atoms with van der Waals surface area (Å²) in [5.74, 6) is 3.61. The van der Waals surface area contributed by atoms with Crippen LogP contribution in [-0.2, 0) is 0 Å². The first-order valence-electron chi connectivity index (χ1n) is 7.33. The van der Waals surface area contributed by atoms with Crippen molar-refractivity contribution in [2.75, 3.05) is 0 Å². The Kier molecular flexibility index (Phi) is 18.4. The van der Waals surface area contributed by atoms with E-state index in [0.29, 0.717) is 0 Å². The third-order valence-corrected chi connectivity index (χ3v) is 3.14. The van der Waals surface area contributed by atoms with Gasteiger partial charge in [-0.2, -0.15) is 0 Å². The van der Waals surface area contributed by atoms with E-state index in [1.807, 2.05) is 0 Å². The second kappa shape index (κ2) is 14.1. The first kappa shape index (κ1) is 22.2. The average molecular weight is 245 g/mol. The highest BCUT2D eigenvalue weighted by molar-refractivity contribution is 4.52. The molecule has 0 fully saturated rings. The summed E-state index contributed by atoms with van der Waals surface area (Å²) in [6.07, 6.45) is 5.43. The van der Waals surface area contributed by atoms with Gasteiger partial charge in [0.2, 0.25) is 0 Å². The molecular formula is C17H40. The van der Waals surface area contributed by atoms with Crippen LogP contribution in [-0.4, -0.2) is 0 Å². The van der Waals surface area contributed by atoms with Crippen LogP contribution in [0.3, 0.4) is 0 Å². The standard InChI is InChI=1S/2C8H18.CH4/c2*1-5-8(4)6-7(2)3;/h2*7-8H,5-6H2,1-4H3;1H4/t2*8-;/m10./s1. The Hall–Kier alpha value is 0. The predicted molar refractivity (Wildman–Crippen MR) is 84.6 cm³/mol. The Balaban J connectivity index is -0.000000218. The molecule has 0 aromatic heterocycles. The van der Waals surface area contributed by atoms with Gasteiger partial charge in [0, 0.05) is 0 Å². The molecule has 0 aromatic carbocycles. The summed E-state index contributed by atoms with van der Waals surface area (Å²) >= 11 is 0. The number of hydrogen-bond donors (Lipinski definition) is 0. The molecule has 0 spiro atoms. The van der Waals surface area contributed by atoms with Crippen molar-refractivity contribution in [1.29, 1.82) is 0 Å². The fourth-order valence-electron chi connectivity index (χ4n) is 1.94. The van der Waals surface area contributed by atoms with Crippen LogP contribution in [0.1, 0.15) is 88.5 Å². The molecule has 0 saturated carbocycles. The maximum atomic E-state index is 2.32. The largest absolute Gasteiger partial charge is 0.0776 e. The quantitative estimate of drug-likeness (QED) is 0.482. The van der Waals surface area contributed by atoms with Crippen LogP contribution in [0.4, 0.5) is 0 Å². The Morgan fingerprint density at radius 1 is 0.588 bits per heavy atom. The fraction of sp³-hybridized carbons (Fsp3) is 1.00. The molecule has 0 unspecified atom stereocenters. The summed E-state index contributed by atoms with van der Waals surface area (Å²) in [6.45, 7) is 18.3. The van der Waals surface area contributed by atoms with Crippen LogP contribution in [0.25, 0.3) is 0 Å². The molecule has 0 nitrogen and oxygen atoms in total. The summed E-state index contributed by atoms with van der Waals surface area (Å²) in [5, 5.41) is 0. The Bertz CT molecular complexity index is 108. The molecule has 0 aliphatic rings. The third-order valence-electron chi connectivity index (χ3n) is 3.14. The topological polar surface area (TPSA) is 0 Å². The summed E-state index contributed by atoms with van der Waals surface area (Å²) in [6, 6.07) is 0. The smallest absolute Gasteiger partial charge is 0.0443 e. The average Bonchev–Trinajstić information content (AvgIpc) is 2.16. The lowest BCUT2D eigenvalue weighted by molar-refractivity contribution is 0.429. The van der Waals surface area contributed by atoms with E-state index in [0.717, 1.165) is 23.7 Å². The van der Waals surface area contributed by atoms with Crippen molar-refractivity contribution in [3.05, 3.63) is 0 Å². The summed E-state index contributed by atoms with van der Waals surface area (Å²) in [7, 11) is 0. The zero-order valence-electron chi connectivity index (χ0n) is 13.1. The third kappa shape index (κ3) is 21.8. The molecule has 0 rings (SSSR count). The van der Waals surface area contributed by atoms with Gasteiger partial charge in [-0.3, -0.25) is 0 Å². The molecule has 0 saturated heterocycles. The Morgan fingerprint density at radius 2 is 0.824 bits per heavy atom. The molecule has 108 valence electrons. The van der Waals surface area contributed by atoms with Gasteiger partial charge in [-0.15, -0.1) is 0 Å². The molecular weight excluding hydrogens is 204 g/mol. The maximum Gasteiger partial charge on any atom is -0.0443 e. The highest BCUT2D eigenvalue weighted by Gasteiger charge is 2.00. The molecule has 0 aliphatic carbocycles. The Morgan fingerprint density at radius 3 is 0.882 bits per heavy atom. The minimum absolute atomic E-state index is 0. The van der Waals surface area contributed by atoms with E-state index in [1.54, 1.807) is 0 Å². The molecule has 0 heteroatoms. The monoisotopic (exact) mass is 244 g/mol. The molecule has 0 aromatic rings. The van der Waals surface area contributed by atoms with Crippen LogP contribution in [0, 0.1) is 23.7 Å². The van der Waals surface area contributed by atoms with Crippen molar-refractivity contribution >= 4 is 0 Å². The van der Waals surface area contributed by atoms with Gasteiger partial charge in [0.05, 0.1) is 0 Å². The molecule has 0 N–H and O–H groups in total. The summed E-state index contributed by atoms with van der Waals surface area (Å²) in [4.78, 5) is 0. The van der Waals surface area contributed by atoms with Crippen molar-refractivity contribution < 1.29 is 0 Å². The van der Waals surface area contributed by atoms with Crippen LogP contribution in [0.2, 0.25) is 0 Å². The fourth-order valence-corrected chi connectivity index (χ4v) is 1.94. The molecule has 0 radical (unpaired) electrons. The molecule has 0 aliphatic heterocycles. The van der Waals surface area contributed by atoms with Gasteiger partial charge in [0.1, 0.15) is 0 Å². The van der Waals surface area contributed by atoms with Gasteiger partial charge in [-0.25, -0.2) is 0 Å². The molecule has 0 amide bonds. The highest BCUT2D eigenvalue weighted by atomic mass is 14.1. The van der Waals surface area contributed by atoms with Gasteiger partial charge in [-0.1, -0.05) is 75.7 Å². The minimum Gasteiger partial charge on any atom is -0.0776 e. The van der Waals surface area contributed by atoms with Crippen LogP contribution in [0.5, 0.6) is 0 Å². The lowest BCUT2D eigenvalue weighted by Gasteiger charge is -2.09. The molecule has 0 bridgehead atoms. The maximum absolute atomic E-state index is 2.32. The SMILES string of the molecule is C.CC[C@@H](C)CC(C)C.CC[C@H](C)CC(C)C. The number of hydrogen-bond acceptors (Lipinski definition) is 0. The first-order valence-corrected chi connectivity index (χ1v) is 7.33. The van der Waals surface area contributed by atoms with Crippen molar-refractivity contribution in [2.24, 2.45) is 23.7 Å². The Labute approximate surface area is 113 Å². The zero-order valence-corrected chi connectivity index (χ0v) is 13.1. The summed E-state index contributed by atoms with van der Waals surface area (Å²) in [5.41, 5.74) is 0. The predicted octanol–water partition coefficient (Wildman–Crippen LogP) is 6.79. The summed E-state index contributed by atoms with van der Waals surface area (Å²) < 4.78 is 0. The van der Waals surface area contributed by atoms with Gasteiger partial charge >= 0.3 is 0 Å². The van der Waals surface area contributed by atoms with Crippen molar-refractivity contribution in [2.45, 2.75) is 88.5 Å². The lowest BCUT2D eigenvalue weighted by atomic mass is 9.97. The van der Waals surface area contributed by atoms with Crippen LogP contribution < -0.4 is 0 Å². The van der Waals surface area contributed by atoms with E-state index in [-0.39, 0.29) is 7.43 Å². The van der Waals surface area contributed by atoms with E-state index < -0.39 is 0 Å². The minimum atomic E-state index is 0. The van der Waals surface area contributed by atoms with Gasteiger partial charge in [0.15, 0.2) is 0 Å². The molecule has 2 atom stereocenters. The molecule has 17 heavy (non-hydrogen) atoms. The first-order chi connectivity index (χ1) is 7.33. The highest BCUT2D eigenvalue weighted by Crippen LogP contribution is 2.13. The van der Waals surface area contributed by atoms with E-state index in [9.17, 15) is 0 Å². The van der Waals surface area contributed by atoms with E-state index in [4.69, 9.17) is 0 Å². The van der Waals surface area contributed by atoms with Crippen molar-refractivity contribution in [1.82, 2.24) is 0 Å². The molecule has 0 heterocycles. The van der Waals surface area contributed by atoms with E-state index in [2.05, 4.69) is 55.4 Å². The number of rotatable bonds is 6. The second-order valence-electron chi connectivity index (χ2n) is 6.29. The van der Waals surface area contributed by atoms with Gasteiger partial charge in [0.25, 0.3) is 0 Å². The van der Waals surface area contributed by atoms with Crippen molar-refractivity contribution in [3.63, 3.8) is 0 Å². The van der Waals surface area contributed by atoms with Gasteiger partial charge in [-0.05, 0) is 36.5 Å². The van der Waals surface area contributed by atoms with Crippen LogP contribution in [0.15, 0.2) is 0 Å². The normalized spacial score (nSPS) is 13.8. The van der Waals surface area contributed by atoms with Gasteiger partial charge < -0.3 is 0 Å².